The van der Waals surface area contributed by atoms with Crippen LogP contribution >= 0.6 is 0 Å². The van der Waals surface area contributed by atoms with E-state index in [9.17, 15) is 31.4 Å². The van der Waals surface area contributed by atoms with Gasteiger partial charge in [-0.15, -0.1) is 0 Å². The van der Waals surface area contributed by atoms with Gasteiger partial charge in [-0.2, -0.15) is 31.4 Å². The van der Waals surface area contributed by atoms with Crippen molar-refractivity contribution < 1.29 is 41.4 Å². The summed E-state index contributed by atoms with van der Waals surface area (Å²) in [6.07, 6.45) is -6.61. The molecule has 1 atom stereocenters. The number of aliphatic hydroxyl groups is 1. The van der Waals surface area contributed by atoms with Crippen LogP contribution in [-0.4, -0.2) is 48.3 Å². The molecule has 1 aromatic carbocycles. The van der Waals surface area contributed by atoms with Gasteiger partial charge in [0.15, 0.2) is 5.60 Å². The van der Waals surface area contributed by atoms with Crippen molar-refractivity contribution in [3.05, 3.63) is 66.0 Å². The maximum Gasteiger partial charge on any atom is 0.421 e. The van der Waals surface area contributed by atoms with Crippen molar-refractivity contribution in [1.82, 2.24) is 19.7 Å². The number of H-pyrrole nitrogens is 1. The van der Waals surface area contributed by atoms with Crippen LogP contribution in [0, 0.1) is 5.41 Å². The first kappa shape index (κ1) is 26.3. The van der Waals surface area contributed by atoms with Crippen molar-refractivity contribution >= 4 is 5.97 Å². The highest BCUT2D eigenvalue weighted by Crippen LogP contribution is 2.59. The van der Waals surface area contributed by atoms with Gasteiger partial charge in [0.25, 0.3) is 5.97 Å². The van der Waals surface area contributed by atoms with Gasteiger partial charge in [-0.1, -0.05) is 12.1 Å². The molecule has 2 heterocycles. The second kappa shape index (κ2) is 9.36. The molecule has 0 radical (unpaired) electrons. The highest BCUT2D eigenvalue weighted by Gasteiger charge is 2.63. The maximum absolute atomic E-state index is 13.8. The molecule has 3 aromatic rings. The van der Waals surface area contributed by atoms with E-state index in [0.717, 1.165) is 25.3 Å². The third-order valence-electron chi connectivity index (χ3n) is 5.67. The molecule has 0 spiro atoms. The van der Waals surface area contributed by atoms with Crippen molar-refractivity contribution in [3.63, 3.8) is 0 Å². The summed E-state index contributed by atoms with van der Waals surface area (Å²) in [5.41, 5.74) is -4.95. The number of alkyl halides is 6. The second-order valence-electron chi connectivity index (χ2n) is 8.36. The third-order valence-corrected chi connectivity index (χ3v) is 5.67. The van der Waals surface area contributed by atoms with Crippen molar-refractivity contribution in [1.29, 1.82) is 0 Å². The minimum Gasteiger partial charge on any atom is -0.481 e. The lowest BCUT2D eigenvalue weighted by molar-refractivity contribution is -0.266. The van der Waals surface area contributed by atoms with Gasteiger partial charge in [-0.3, -0.25) is 4.79 Å². The van der Waals surface area contributed by atoms with Crippen LogP contribution in [0.1, 0.15) is 36.8 Å². The largest absolute Gasteiger partial charge is 0.481 e. The number of carbonyl (C=O) groups is 1. The molecule has 2 aromatic heterocycles. The van der Waals surface area contributed by atoms with Crippen LogP contribution in [0.2, 0.25) is 0 Å². The van der Waals surface area contributed by atoms with E-state index in [4.69, 9.17) is 9.90 Å². The first-order valence-corrected chi connectivity index (χ1v) is 10.4. The Balaban J connectivity index is 0.000000795. The average Bonchev–Trinajstić information content (AvgIpc) is 3.14. The number of nitrogens with zero attached hydrogens (tertiary/aromatic N) is 3. The molecule has 0 saturated heterocycles. The van der Waals surface area contributed by atoms with Gasteiger partial charge in [-0.25, -0.2) is 9.67 Å². The van der Waals surface area contributed by atoms with Crippen LogP contribution in [0.15, 0.2) is 48.9 Å². The van der Waals surface area contributed by atoms with Gasteiger partial charge in [-0.05, 0) is 36.6 Å². The molecule has 0 amide bonds. The van der Waals surface area contributed by atoms with Gasteiger partial charge < -0.3 is 15.2 Å². The van der Waals surface area contributed by atoms with Gasteiger partial charge >= 0.3 is 12.4 Å². The average molecular weight is 504 g/mol. The van der Waals surface area contributed by atoms with Crippen LogP contribution in [0.5, 0.6) is 0 Å². The van der Waals surface area contributed by atoms with E-state index in [2.05, 4.69) is 15.1 Å². The monoisotopic (exact) mass is 504 g/mol. The molecule has 0 unspecified atom stereocenters. The smallest absolute Gasteiger partial charge is 0.421 e. The van der Waals surface area contributed by atoms with Crippen LogP contribution in [0.4, 0.5) is 26.3 Å². The van der Waals surface area contributed by atoms with Crippen molar-refractivity contribution in [2.75, 3.05) is 0 Å². The summed E-state index contributed by atoms with van der Waals surface area (Å²) in [4.78, 5) is 15.3. The number of halogens is 6. The van der Waals surface area contributed by atoms with Crippen LogP contribution in [-0.2, 0) is 23.2 Å². The molecule has 4 rings (SSSR count). The number of aromatic amines is 1. The number of rotatable bonds is 6. The minimum atomic E-state index is -5.04. The molecule has 1 fully saturated rings. The Morgan fingerprint density at radius 1 is 1.14 bits per heavy atom. The number of benzene rings is 1. The normalized spacial score (nSPS) is 16.7. The topological polar surface area (TPSA) is 104 Å². The molecule has 190 valence electrons. The lowest BCUT2D eigenvalue weighted by Gasteiger charge is -2.30. The molecule has 1 saturated carbocycles. The molecule has 0 bridgehead atoms. The van der Waals surface area contributed by atoms with E-state index in [1.807, 2.05) is 0 Å². The number of nitrogens with one attached hydrogen (secondary N) is 1. The second-order valence-corrected chi connectivity index (χ2v) is 8.36. The molecule has 3 N–H and O–H groups in total. The lowest BCUT2D eigenvalue weighted by Crippen LogP contribution is -2.44. The fourth-order valence-electron chi connectivity index (χ4n) is 3.58. The molecule has 0 aliphatic heterocycles. The molecule has 35 heavy (non-hydrogen) atoms. The Morgan fingerprint density at radius 2 is 1.74 bits per heavy atom. The highest BCUT2D eigenvalue weighted by atomic mass is 19.4. The predicted octanol–water partition coefficient (Wildman–Crippen LogP) is 4.56. The number of aliphatic carboxylic acids is 1. The first-order chi connectivity index (χ1) is 16.2. The van der Waals surface area contributed by atoms with E-state index < -0.39 is 41.3 Å². The maximum atomic E-state index is 13.8. The SMILES string of the molecule is CC(=O)O.O[C@](Cc1ncc(CC2(C(F)(F)F)CC2)[nH]1)(c1ccc(-n2cccn2)cc1)C(F)(F)F. The van der Waals surface area contributed by atoms with E-state index >= 15 is 0 Å². The number of hydrogen-bond acceptors (Lipinski definition) is 4. The summed E-state index contributed by atoms with van der Waals surface area (Å²) in [7, 11) is 0. The molecular formula is C22H22F6N4O3. The van der Waals surface area contributed by atoms with Crippen LogP contribution in [0.25, 0.3) is 5.69 Å². The van der Waals surface area contributed by atoms with Gasteiger partial charge in [0.2, 0.25) is 0 Å². The van der Waals surface area contributed by atoms with E-state index in [1.165, 1.54) is 23.0 Å². The van der Waals surface area contributed by atoms with E-state index in [0.29, 0.717) is 5.69 Å². The zero-order chi connectivity index (χ0) is 26.1. The number of aromatic nitrogens is 4. The van der Waals surface area contributed by atoms with Crippen molar-refractivity contribution in [2.45, 2.75) is 50.6 Å². The standard InChI is InChI=1S/C20H18F6N4O.C2H4O2/c21-19(22,23)17(6-7-17)10-14-12-27-16(29-14)11-18(31,20(24,25)26)13-2-4-15(5-3-13)30-9-1-8-28-30;1-2(3)4/h1-5,8-9,12,31H,6-7,10-11H2,(H,27,29);1H3,(H,3,4)/t18-;/m1./s1. The van der Waals surface area contributed by atoms with Gasteiger partial charge in [0.05, 0.1) is 11.1 Å². The molecular weight excluding hydrogens is 482 g/mol. The van der Waals surface area contributed by atoms with E-state index in [1.54, 1.807) is 12.3 Å². The minimum absolute atomic E-state index is 0.0278. The number of imidazole rings is 1. The highest BCUT2D eigenvalue weighted by molar-refractivity contribution is 5.62. The first-order valence-electron chi connectivity index (χ1n) is 10.4. The Hall–Kier alpha value is -3.35. The summed E-state index contributed by atoms with van der Waals surface area (Å²) in [6.45, 7) is 1.08. The number of carboxylic acid groups (broad SMARTS) is 1. The summed E-state index contributed by atoms with van der Waals surface area (Å²) >= 11 is 0. The van der Waals surface area contributed by atoms with Crippen LogP contribution in [0.3, 0.4) is 0 Å². The van der Waals surface area contributed by atoms with Crippen LogP contribution < -0.4 is 0 Å². The zero-order valence-electron chi connectivity index (χ0n) is 18.4. The molecule has 1 aliphatic carbocycles. The Kier molecular flexibility index (Phi) is 7.02. The van der Waals surface area contributed by atoms with E-state index in [-0.39, 0.29) is 30.8 Å². The third kappa shape index (κ3) is 5.84. The van der Waals surface area contributed by atoms with Gasteiger partial charge in [0, 0.05) is 44.0 Å². The molecule has 1 aliphatic rings. The van der Waals surface area contributed by atoms with Crippen molar-refractivity contribution in [3.8, 4) is 5.69 Å². The number of carboxylic acids is 1. The Labute approximate surface area is 195 Å². The fraction of sp³-hybridized carbons (Fsp3) is 0.409. The Morgan fingerprint density at radius 3 is 2.20 bits per heavy atom. The predicted molar refractivity (Wildman–Crippen MR) is 111 cm³/mol. The fourth-order valence-corrected chi connectivity index (χ4v) is 3.58. The number of hydrogen-bond donors (Lipinski definition) is 3. The summed E-state index contributed by atoms with van der Waals surface area (Å²) in [5, 5.41) is 22.0. The lowest BCUT2D eigenvalue weighted by atomic mass is 9.89. The quantitative estimate of drug-likeness (QED) is 0.427. The summed E-state index contributed by atoms with van der Waals surface area (Å²) in [5.74, 6) is -1.08. The zero-order valence-corrected chi connectivity index (χ0v) is 18.4. The molecule has 7 nitrogen and oxygen atoms in total. The van der Waals surface area contributed by atoms with Gasteiger partial charge in [0.1, 0.15) is 5.82 Å². The summed E-state index contributed by atoms with van der Waals surface area (Å²) < 4.78 is 82.4. The van der Waals surface area contributed by atoms with Crippen molar-refractivity contribution in [2.24, 2.45) is 5.41 Å². The Bertz CT molecular complexity index is 1130. The molecule has 13 heteroatoms. The summed E-state index contributed by atoms with van der Waals surface area (Å²) in [6, 6.07) is 6.69.